The molecule has 0 spiro atoms. The van der Waals surface area contributed by atoms with Gasteiger partial charge in [0.2, 0.25) is 11.8 Å². The highest BCUT2D eigenvalue weighted by atomic mass is 16.2. The zero-order chi connectivity index (χ0) is 21.1. The van der Waals surface area contributed by atoms with Crippen LogP contribution in [0.2, 0.25) is 0 Å². The molecule has 0 saturated carbocycles. The molecule has 28 heavy (non-hydrogen) atoms. The van der Waals surface area contributed by atoms with Gasteiger partial charge in [-0.25, -0.2) is 4.79 Å². The van der Waals surface area contributed by atoms with E-state index in [1.807, 2.05) is 24.3 Å². The summed E-state index contributed by atoms with van der Waals surface area (Å²) in [6, 6.07) is 6.93. The molecule has 8 heteroatoms. The third-order valence-electron chi connectivity index (χ3n) is 4.73. The van der Waals surface area contributed by atoms with Crippen molar-refractivity contribution >= 4 is 23.8 Å². The minimum atomic E-state index is -1.22. The summed E-state index contributed by atoms with van der Waals surface area (Å²) in [6.45, 7) is 9.42. The smallest absolute Gasteiger partial charge is 0.325 e. The van der Waals surface area contributed by atoms with Crippen molar-refractivity contribution in [3.05, 3.63) is 35.4 Å². The molecule has 1 aliphatic rings. The highest BCUT2D eigenvalue weighted by molar-refractivity contribution is 6.09. The first kappa shape index (κ1) is 21.4. The fourth-order valence-corrected chi connectivity index (χ4v) is 2.98. The van der Waals surface area contributed by atoms with Gasteiger partial charge in [0.1, 0.15) is 12.1 Å². The lowest BCUT2D eigenvalue weighted by molar-refractivity contribution is -0.134. The van der Waals surface area contributed by atoms with E-state index in [0.717, 1.165) is 10.5 Å². The SMILES string of the molecule is CC(=O)NCCNC(=O)CN1C(=O)NC(C)(c2ccc(C(C)(C)C)cc2)C1=O. The Morgan fingerprint density at radius 1 is 1.07 bits per heavy atom. The Hall–Kier alpha value is -2.90. The van der Waals surface area contributed by atoms with E-state index in [9.17, 15) is 19.2 Å². The molecule has 1 aromatic rings. The second-order valence-electron chi connectivity index (χ2n) is 8.11. The topological polar surface area (TPSA) is 108 Å². The van der Waals surface area contributed by atoms with E-state index < -0.39 is 23.4 Å². The van der Waals surface area contributed by atoms with Crippen LogP contribution in [0.15, 0.2) is 24.3 Å². The molecule has 1 aliphatic heterocycles. The Bertz CT molecular complexity index is 782. The summed E-state index contributed by atoms with van der Waals surface area (Å²) in [5, 5.41) is 7.81. The van der Waals surface area contributed by atoms with E-state index in [2.05, 4.69) is 36.7 Å². The maximum atomic E-state index is 12.9. The van der Waals surface area contributed by atoms with Crippen LogP contribution >= 0.6 is 0 Å². The number of nitrogens with one attached hydrogen (secondary N) is 3. The van der Waals surface area contributed by atoms with Crippen molar-refractivity contribution in [3.8, 4) is 0 Å². The molecular formula is C20H28N4O4. The van der Waals surface area contributed by atoms with Crippen molar-refractivity contribution in [2.24, 2.45) is 0 Å². The fourth-order valence-electron chi connectivity index (χ4n) is 2.98. The summed E-state index contributed by atoms with van der Waals surface area (Å²) in [4.78, 5) is 48.9. The van der Waals surface area contributed by atoms with Crippen LogP contribution in [0.4, 0.5) is 4.79 Å². The van der Waals surface area contributed by atoms with Crippen LogP contribution in [-0.4, -0.2) is 48.3 Å². The Morgan fingerprint density at radius 2 is 1.64 bits per heavy atom. The van der Waals surface area contributed by atoms with Crippen molar-refractivity contribution in [2.45, 2.75) is 45.6 Å². The molecule has 1 fully saturated rings. The number of amides is 5. The second-order valence-corrected chi connectivity index (χ2v) is 8.11. The van der Waals surface area contributed by atoms with E-state index in [1.165, 1.54) is 6.92 Å². The van der Waals surface area contributed by atoms with Gasteiger partial charge in [-0.05, 0) is 23.5 Å². The van der Waals surface area contributed by atoms with Crippen molar-refractivity contribution in [3.63, 3.8) is 0 Å². The Labute approximate surface area is 165 Å². The molecule has 1 unspecified atom stereocenters. The molecule has 3 N–H and O–H groups in total. The molecule has 0 bridgehead atoms. The molecule has 2 rings (SSSR count). The molecule has 152 valence electrons. The fraction of sp³-hybridized carbons (Fsp3) is 0.500. The average Bonchev–Trinajstić information content (AvgIpc) is 2.82. The third-order valence-corrected chi connectivity index (χ3v) is 4.73. The third kappa shape index (κ3) is 4.68. The lowest BCUT2D eigenvalue weighted by Crippen LogP contribution is -2.44. The van der Waals surface area contributed by atoms with Crippen molar-refractivity contribution in [2.75, 3.05) is 19.6 Å². The van der Waals surface area contributed by atoms with Crippen LogP contribution < -0.4 is 16.0 Å². The van der Waals surface area contributed by atoms with Crippen LogP contribution in [0, 0.1) is 0 Å². The maximum absolute atomic E-state index is 12.9. The number of hydrogen-bond donors (Lipinski definition) is 3. The number of carbonyl (C=O) groups is 4. The van der Waals surface area contributed by atoms with Crippen LogP contribution in [-0.2, 0) is 25.3 Å². The van der Waals surface area contributed by atoms with Crippen LogP contribution in [0.3, 0.4) is 0 Å². The van der Waals surface area contributed by atoms with E-state index in [0.29, 0.717) is 5.56 Å². The Morgan fingerprint density at radius 3 is 2.18 bits per heavy atom. The number of urea groups is 1. The highest BCUT2D eigenvalue weighted by Crippen LogP contribution is 2.30. The number of nitrogens with zero attached hydrogens (tertiary/aromatic N) is 1. The summed E-state index contributed by atoms with van der Waals surface area (Å²) < 4.78 is 0. The van der Waals surface area contributed by atoms with E-state index >= 15 is 0 Å². The molecule has 1 heterocycles. The minimum absolute atomic E-state index is 0.0241. The molecule has 5 amide bonds. The lowest BCUT2D eigenvalue weighted by atomic mass is 9.84. The average molecular weight is 388 g/mol. The standard InChI is InChI=1S/C20H28N4O4/c1-13(25)21-10-11-22-16(26)12-24-17(27)20(5,23-18(24)28)15-8-6-14(7-9-15)19(2,3)4/h6-9H,10-12H2,1-5H3,(H,21,25)(H,22,26)(H,23,28). The zero-order valence-electron chi connectivity index (χ0n) is 17.0. The first-order chi connectivity index (χ1) is 12.9. The molecule has 0 aromatic heterocycles. The van der Waals surface area contributed by atoms with E-state index in [-0.39, 0.29) is 31.0 Å². The van der Waals surface area contributed by atoms with Crippen LogP contribution in [0.1, 0.15) is 45.7 Å². The molecule has 1 saturated heterocycles. The first-order valence-electron chi connectivity index (χ1n) is 9.21. The predicted molar refractivity (Wildman–Crippen MR) is 104 cm³/mol. The molecule has 0 aliphatic carbocycles. The normalized spacial score (nSPS) is 19.4. The molecule has 1 atom stereocenters. The molecular weight excluding hydrogens is 360 g/mol. The number of imide groups is 1. The highest BCUT2D eigenvalue weighted by Gasteiger charge is 2.49. The van der Waals surface area contributed by atoms with E-state index in [1.54, 1.807) is 6.92 Å². The minimum Gasteiger partial charge on any atom is -0.355 e. The van der Waals surface area contributed by atoms with Gasteiger partial charge in [0.05, 0.1) is 0 Å². The number of hydrogen-bond acceptors (Lipinski definition) is 4. The molecule has 0 radical (unpaired) electrons. The lowest BCUT2D eigenvalue weighted by Gasteiger charge is -2.24. The van der Waals surface area contributed by atoms with Crippen molar-refractivity contribution in [1.82, 2.24) is 20.9 Å². The first-order valence-corrected chi connectivity index (χ1v) is 9.21. The maximum Gasteiger partial charge on any atom is 0.325 e. The van der Waals surface area contributed by atoms with Gasteiger partial charge in [-0.15, -0.1) is 0 Å². The van der Waals surface area contributed by atoms with Gasteiger partial charge in [0.25, 0.3) is 5.91 Å². The monoisotopic (exact) mass is 388 g/mol. The van der Waals surface area contributed by atoms with Gasteiger partial charge < -0.3 is 16.0 Å². The van der Waals surface area contributed by atoms with Crippen molar-refractivity contribution < 1.29 is 19.2 Å². The number of carbonyl (C=O) groups excluding carboxylic acids is 4. The van der Waals surface area contributed by atoms with Gasteiger partial charge in [-0.2, -0.15) is 0 Å². The summed E-state index contributed by atoms with van der Waals surface area (Å²) in [5.74, 6) is -1.14. The second kappa shape index (κ2) is 8.00. The van der Waals surface area contributed by atoms with E-state index in [4.69, 9.17) is 0 Å². The molecule has 1 aromatic carbocycles. The van der Waals surface area contributed by atoms with Gasteiger partial charge in [-0.3, -0.25) is 19.3 Å². The predicted octanol–water partition coefficient (Wildman–Crippen LogP) is 1.00. The summed E-state index contributed by atoms with van der Waals surface area (Å²) in [7, 11) is 0. The van der Waals surface area contributed by atoms with Gasteiger partial charge in [0.15, 0.2) is 0 Å². The van der Waals surface area contributed by atoms with Crippen LogP contribution in [0.5, 0.6) is 0 Å². The van der Waals surface area contributed by atoms with Gasteiger partial charge >= 0.3 is 6.03 Å². The summed E-state index contributed by atoms with van der Waals surface area (Å²) in [6.07, 6.45) is 0. The number of benzene rings is 1. The quantitative estimate of drug-likeness (QED) is 0.499. The van der Waals surface area contributed by atoms with Gasteiger partial charge in [-0.1, -0.05) is 45.0 Å². The molecule has 8 nitrogen and oxygen atoms in total. The Kier molecular flexibility index (Phi) is 6.11. The zero-order valence-corrected chi connectivity index (χ0v) is 17.0. The Balaban J connectivity index is 2.05. The number of rotatable bonds is 6. The summed E-state index contributed by atoms with van der Waals surface area (Å²) in [5.41, 5.74) is 0.535. The summed E-state index contributed by atoms with van der Waals surface area (Å²) >= 11 is 0. The largest absolute Gasteiger partial charge is 0.355 e. The van der Waals surface area contributed by atoms with Crippen molar-refractivity contribution in [1.29, 1.82) is 0 Å². The van der Waals surface area contributed by atoms with Gasteiger partial charge in [0, 0.05) is 20.0 Å². The van der Waals surface area contributed by atoms with Crippen LogP contribution in [0.25, 0.3) is 0 Å².